The van der Waals surface area contributed by atoms with Gasteiger partial charge in [0.1, 0.15) is 12.0 Å². The number of rotatable bonds is 3. The summed E-state index contributed by atoms with van der Waals surface area (Å²) in [6.07, 6.45) is 4.27. The first-order valence-electron chi connectivity index (χ1n) is 9.55. The van der Waals surface area contributed by atoms with E-state index in [1.807, 2.05) is 30.7 Å². The van der Waals surface area contributed by atoms with Gasteiger partial charge in [-0.1, -0.05) is 19.9 Å². The Labute approximate surface area is 160 Å². The van der Waals surface area contributed by atoms with Crippen molar-refractivity contribution in [1.82, 2.24) is 29.6 Å². The number of alkyl halides is 1. The average molecular weight is 382 g/mol. The molecule has 0 saturated carbocycles. The molecule has 0 N–H and O–H groups in total. The fraction of sp³-hybridized carbons (Fsp3) is 0.400. The Bertz CT molecular complexity index is 1120. The molecule has 3 aromatic heterocycles. The van der Waals surface area contributed by atoms with Crippen LogP contribution in [0.2, 0.25) is 0 Å². The lowest BCUT2D eigenvalue weighted by molar-refractivity contribution is 0.356. The van der Waals surface area contributed by atoms with E-state index in [0.717, 1.165) is 42.5 Å². The Morgan fingerprint density at radius 2 is 2.04 bits per heavy atom. The third-order valence-electron chi connectivity index (χ3n) is 5.37. The number of hydrogen-bond acceptors (Lipinski definition) is 4. The van der Waals surface area contributed by atoms with Gasteiger partial charge in [0.2, 0.25) is 0 Å². The van der Waals surface area contributed by atoms with Crippen molar-refractivity contribution in [2.45, 2.75) is 51.2 Å². The van der Waals surface area contributed by atoms with Gasteiger partial charge in [0.15, 0.2) is 11.5 Å². The summed E-state index contributed by atoms with van der Waals surface area (Å²) in [5.41, 5.74) is 3.88. The lowest BCUT2D eigenvalue weighted by Gasteiger charge is -2.18. The zero-order valence-electron chi connectivity index (χ0n) is 15.7. The van der Waals surface area contributed by atoms with Gasteiger partial charge in [-0.15, -0.1) is 10.2 Å². The Kier molecular flexibility index (Phi) is 3.89. The van der Waals surface area contributed by atoms with Gasteiger partial charge in [0.05, 0.1) is 17.3 Å². The van der Waals surface area contributed by atoms with Gasteiger partial charge in [-0.3, -0.25) is 4.68 Å². The van der Waals surface area contributed by atoms with E-state index in [4.69, 9.17) is 5.10 Å². The van der Waals surface area contributed by atoms with Gasteiger partial charge >= 0.3 is 0 Å². The van der Waals surface area contributed by atoms with E-state index in [9.17, 15) is 8.78 Å². The zero-order valence-corrected chi connectivity index (χ0v) is 15.7. The molecule has 5 rings (SSSR count). The van der Waals surface area contributed by atoms with Gasteiger partial charge in [0, 0.05) is 23.7 Å². The second-order valence-corrected chi connectivity index (χ2v) is 7.62. The summed E-state index contributed by atoms with van der Waals surface area (Å²) in [5, 5.41) is 17.9. The maximum atomic E-state index is 14.7. The molecule has 1 aliphatic carbocycles. The van der Waals surface area contributed by atoms with Gasteiger partial charge in [-0.05, 0) is 37.1 Å². The van der Waals surface area contributed by atoms with Gasteiger partial charge in [-0.2, -0.15) is 14.7 Å². The molecule has 28 heavy (non-hydrogen) atoms. The van der Waals surface area contributed by atoms with E-state index in [1.165, 1.54) is 6.08 Å². The van der Waals surface area contributed by atoms with Crippen LogP contribution in [0.1, 0.15) is 49.3 Å². The summed E-state index contributed by atoms with van der Waals surface area (Å²) in [6.45, 7) is 4.87. The molecule has 0 fully saturated rings. The van der Waals surface area contributed by atoms with Gasteiger partial charge in [-0.25, -0.2) is 8.78 Å². The third-order valence-corrected chi connectivity index (χ3v) is 5.37. The van der Waals surface area contributed by atoms with Crippen molar-refractivity contribution < 1.29 is 8.78 Å². The molecule has 2 aliphatic rings. The molecule has 0 aromatic carbocycles. The molecule has 4 heterocycles. The molecule has 0 spiro atoms. The monoisotopic (exact) mass is 382 g/mol. The molecule has 1 aliphatic heterocycles. The van der Waals surface area contributed by atoms with Crippen LogP contribution in [-0.4, -0.2) is 35.8 Å². The fourth-order valence-corrected chi connectivity index (χ4v) is 4.02. The Morgan fingerprint density at radius 1 is 1.18 bits per heavy atom. The summed E-state index contributed by atoms with van der Waals surface area (Å²) in [7, 11) is 0. The van der Waals surface area contributed by atoms with Crippen LogP contribution in [0.25, 0.3) is 16.9 Å². The Hall–Kier alpha value is -2.90. The van der Waals surface area contributed by atoms with Crippen molar-refractivity contribution in [3.8, 4) is 11.3 Å². The van der Waals surface area contributed by atoms with E-state index in [-0.39, 0.29) is 5.92 Å². The van der Waals surface area contributed by atoms with Crippen molar-refractivity contribution in [1.29, 1.82) is 0 Å². The first kappa shape index (κ1) is 17.2. The molecule has 8 heteroatoms. The number of fused-ring (bicyclic) bond motifs is 2. The van der Waals surface area contributed by atoms with Crippen molar-refractivity contribution in [2.24, 2.45) is 0 Å². The zero-order chi connectivity index (χ0) is 19.4. The lowest BCUT2D eigenvalue weighted by Crippen LogP contribution is -2.15. The first-order valence-corrected chi connectivity index (χ1v) is 9.55. The third kappa shape index (κ3) is 2.58. The summed E-state index contributed by atoms with van der Waals surface area (Å²) in [4.78, 5) is 0. The van der Waals surface area contributed by atoms with Crippen LogP contribution in [0.5, 0.6) is 0 Å². The fourth-order valence-electron chi connectivity index (χ4n) is 4.02. The lowest BCUT2D eigenvalue weighted by atomic mass is 9.90. The minimum absolute atomic E-state index is 0.166. The molecule has 2 atom stereocenters. The summed E-state index contributed by atoms with van der Waals surface area (Å²) in [5.74, 6) is -0.244. The molecular formula is C20H20F2N6. The number of aromatic nitrogens is 6. The number of hydrogen-bond donors (Lipinski definition) is 0. The molecule has 0 amide bonds. The predicted octanol–water partition coefficient (Wildman–Crippen LogP) is 3.90. The smallest absolute Gasteiger partial charge is 0.177 e. The second-order valence-electron chi connectivity index (χ2n) is 7.62. The number of nitrogens with zero attached hydrogens (tertiary/aromatic N) is 6. The minimum Gasteiger partial charge on any atom is -0.269 e. The van der Waals surface area contributed by atoms with Gasteiger partial charge in [0.25, 0.3) is 0 Å². The molecule has 3 aromatic rings. The normalized spacial score (nSPS) is 21.5. The minimum atomic E-state index is -1.45. The topological polar surface area (TPSA) is 60.9 Å². The van der Waals surface area contributed by atoms with Crippen LogP contribution in [0.15, 0.2) is 36.2 Å². The highest BCUT2D eigenvalue weighted by molar-refractivity contribution is 5.68. The van der Waals surface area contributed by atoms with Crippen LogP contribution < -0.4 is 0 Å². The predicted molar refractivity (Wildman–Crippen MR) is 100 cm³/mol. The summed E-state index contributed by atoms with van der Waals surface area (Å²) < 4.78 is 31.8. The van der Waals surface area contributed by atoms with Crippen LogP contribution in [-0.2, 0) is 13.0 Å². The van der Waals surface area contributed by atoms with Crippen molar-refractivity contribution >= 4 is 5.65 Å². The van der Waals surface area contributed by atoms with E-state index >= 15 is 0 Å². The molecule has 144 valence electrons. The quantitative estimate of drug-likeness (QED) is 0.689. The van der Waals surface area contributed by atoms with Gasteiger partial charge < -0.3 is 0 Å². The molecule has 0 radical (unpaired) electrons. The standard InChI is InChI=1S/C20H20F2N6/c1-11(2)20-24-23-17-8-7-15(25-28(17)20)18-16-4-3-9-27(16)26-19(18)13-6-5-12(21)10-14(13)22/h5-8,10-11,13-14H,3-4,9H2,1-2H3. The second kappa shape index (κ2) is 6.32. The van der Waals surface area contributed by atoms with Crippen molar-refractivity contribution in [3.63, 3.8) is 0 Å². The van der Waals surface area contributed by atoms with Crippen LogP contribution in [0.3, 0.4) is 0 Å². The largest absolute Gasteiger partial charge is 0.269 e. The molecule has 0 bridgehead atoms. The molecule has 0 saturated heterocycles. The van der Waals surface area contributed by atoms with Crippen LogP contribution in [0, 0.1) is 0 Å². The Morgan fingerprint density at radius 3 is 2.82 bits per heavy atom. The summed E-state index contributed by atoms with van der Waals surface area (Å²) in [6, 6.07) is 3.75. The van der Waals surface area contributed by atoms with E-state index in [2.05, 4.69) is 15.3 Å². The van der Waals surface area contributed by atoms with Crippen LogP contribution >= 0.6 is 0 Å². The molecular weight excluding hydrogens is 362 g/mol. The highest BCUT2D eigenvalue weighted by atomic mass is 19.1. The molecule has 6 nitrogen and oxygen atoms in total. The van der Waals surface area contributed by atoms with E-state index in [1.54, 1.807) is 10.6 Å². The highest BCUT2D eigenvalue weighted by Gasteiger charge is 2.32. The molecule has 2 unspecified atom stereocenters. The van der Waals surface area contributed by atoms with Crippen LogP contribution in [0.4, 0.5) is 8.78 Å². The Balaban J connectivity index is 1.69. The maximum Gasteiger partial charge on any atom is 0.177 e. The number of aryl methyl sites for hydroxylation is 1. The number of halogens is 2. The first-order chi connectivity index (χ1) is 13.5. The highest BCUT2D eigenvalue weighted by Crippen LogP contribution is 2.39. The SMILES string of the molecule is CC(C)c1nnc2ccc(-c3c(C4C=CC(F)=CC4F)nn4c3CCC4)nn12. The average Bonchev–Trinajstić information content (AvgIpc) is 3.34. The van der Waals surface area contributed by atoms with Crippen molar-refractivity contribution in [2.75, 3.05) is 0 Å². The maximum absolute atomic E-state index is 14.7. The van der Waals surface area contributed by atoms with Crippen molar-refractivity contribution in [3.05, 3.63) is 53.4 Å². The van der Waals surface area contributed by atoms with E-state index < -0.39 is 17.9 Å². The number of allylic oxidation sites excluding steroid dienone is 4. The summed E-state index contributed by atoms with van der Waals surface area (Å²) >= 11 is 0. The van der Waals surface area contributed by atoms with E-state index in [0.29, 0.717) is 17.0 Å².